The second-order valence-corrected chi connectivity index (χ2v) is 7.87. The van der Waals surface area contributed by atoms with Gasteiger partial charge in [-0.3, -0.25) is 4.79 Å². The van der Waals surface area contributed by atoms with Crippen molar-refractivity contribution in [1.29, 1.82) is 0 Å². The van der Waals surface area contributed by atoms with Crippen molar-refractivity contribution in [3.8, 4) is 10.6 Å². The zero-order chi connectivity index (χ0) is 20.1. The Labute approximate surface area is 174 Å². The number of aryl methyl sites for hydroxylation is 1. The summed E-state index contributed by atoms with van der Waals surface area (Å²) >= 11 is 1.68. The molecule has 4 rings (SSSR count). The Bertz CT molecular complexity index is 1020. The van der Waals surface area contributed by atoms with Crippen LogP contribution in [0.3, 0.4) is 0 Å². The monoisotopic (exact) mass is 401 g/mol. The summed E-state index contributed by atoms with van der Waals surface area (Å²) in [6, 6.07) is 23.9. The summed E-state index contributed by atoms with van der Waals surface area (Å²) in [5.41, 5.74) is 2.97. The van der Waals surface area contributed by atoms with Crippen LogP contribution < -0.4 is 5.32 Å². The Kier molecular flexibility index (Phi) is 5.86. The van der Waals surface area contributed by atoms with Crippen LogP contribution >= 0.6 is 11.3 Å². The van der Waals surface area contributed by atoms with Gasteiger partial charge in [-0.05, 0) is 22.6 Å². The number of benzene rings is 2. The fraction of sp³-hybridized carbons (Fsp3) is 0.167. The normalized spacial score (nSPS) is 11.0. The van der Waals surface area contributed by atoms with Crippen LogP contribution in [0.1, 0.15) is 22.9 Å². The van der Waals surface area contributed by atoms with Crippen LogP contribution in [0.15, 0.2) is 84.4 Å². The van der Waals surface area contributed by atoms with E-state index in [1.54, 1.807) is 11.3 Å². The van der Waals surface area contributed by atoms with Crippen molar-refractivity contribution in [2.24, 2.45) is 7.05 Å². The van der Waals surface area contributed by atoms with E-state index in [4.69, 9.17) is 4.98 Å². The lowest BCUT2D eigenvalue weighted by atomic mass is 9.90. The first-order valence-corrected chi connectivity index (χ1v) is 10.5. The molecule has 29 heavy (non-hydrogen) atoms. The lowest BCUT2D eigenvalue weighted by Crippen LogP contribution is -2.32. The van der Waals surface area contributed by atoms with Crippen LogP contribution in [0.4, 0.5) is 0 Å². The number of hydrogen-bond acceptors (Lipinski definition) is 3. The molecule has 0 bridgehead atoms. The van der Waals surface area contributed by atoms with Gasteiger partial charge < -0.3 is 9.88 Å². The molecule has 5 heteroatoms. The predicted molar refractivity (Wildman–Crippen MR) is 118 cm³/mol. The Morgan fingerprint density at radius 1 is 1.00 bits per heavy atom. The van der Waals surface area contributed by atoms with Gasteiger partial charge in [0.1, 0.15) is 5.82 Å². The van der Waals surface area contributed by atoms with E-state index in [0.29, 0.717) is 13.0 Å². The van der Waals surface area contributed by atoms with E-state index in [1.165, 1.54) is 0 Å². The van der Waals surface area contributed by atoms with Gasteiger partial charge in [-0.15, -0.1) is 11.3 Å². The number of nitrogens with zero attached hydrogens (tertiary/aromatic N) is 2. The average Bonchev–Trinajstić information content (AvgIpc) is 3.40. The highest BCUT2D eigenvalue weighted by Crippen LogP contribution is 2.25. The van der Waals surface area contributed by atoms with E-state index >= 15 is 0 Å². The van der Waals surface area contributed by atoms with Crippen molar-refractivity contribution in [1.82, 2.24) is 14.9 Å². The van der Waals surface area contributed by atoms with Crippen LogP contribution in [-0.4, -0.2) is 22.0 Å². The third-order valence-electron chi connectivity index (χ3n) is 4.92. The van der Waals surface area contributed by atoms with E-state index < -0.39 is 0 Å². The summed E-state index contributed by atoms with van der Waals surface area (Å²) in [6.07, 6.45) is 2.73. The van der Waals surface area contributed by atoms with Gasteiger partial charge >= 0.3 is 0 Å². The van der Waals surface area contributed by atoms with E-state index in [1.807, 2.05) is 84.5 Å². The van der Waals surface area contributed by atoms with Gasteiger partial charge in [-0.25, -0.2) is 4.98 Å². The zero-order valence-electron chi connectivity index (χ0n) is 16.3. The first kappa shape index (κ1) is 19.2. The Morgan fingerprint density at radius 3 is 2.24 bits per heavy atom. The maximum absolute atomic E-state index is 13.1. The van der Waals surface area contributed by atoms with Gasteiger partial charge in [-0.1, -0.05) is 66.7 Å². The molecule has 4 aromatic rings. The first-order valence-electron chi connectivity index (χ1n) is 9.66. The van der Waals surface area contributed by atoms with Gasteiger partial charge in [0.2, 0.25) is 5.91 Å². The molecule has 0 aliphatic heterocycles. The lowest BCUT2D eigenvalue weighted by Gasteiger charge is -2.18. The first-order chi connectivity index (χ1) is 14.2. The Balaban J connectivity index is 1.45. The maximum Gasteiger partial charge on any atom is 0.232 e. The number of nitrogens with one attached hydrogen (secondary N) is 1. The average molecular weight is 402 g/mol. The van der Waals surface area contributed by atoms with Crippen molar-refractivity contribution < 1.29 is 4.79 Å². The summed E-state index contributed by atoms with van der Waals surface area (Å²) < 4.78 is 2.03. The van der Waals surface area contributed by atoms with Gasteiger partial charge in [-0.2, -0.15) is 0 Å². The molecule has 2 aromatic carbocycles. The molecule has 146 valence electrons. The molecule has 2 aromatic heterocycles. The minimum Gasteiger partial charge on any atom is -0.355 e. The topological polar surface area (TPSA) is 46.9 Å². The van der Waals surface area contributed by atoms with Crippen LogP contribution in [0.5, 0.6) is 0 Å². The third-order valence-corrected chi connectivity index (χ3v) is 5.81. The molecule has 0 aliphatic carbocycles. The molecule has 0 radical (unpaired) electrons. The fourth-order valence-corrected chi connectivity index (χ4v) is 4.15. The molecular weight excluding hydrogens is 378 g/mol. The maximum atomic E-state index is 13.1. The second kappa shape index (κ2) is 8.88. The highest BCUT2D eigenvalue weighted by atomic mass is 32.1. The molecule has 4 nitrogen and oxygen atoms in total. The number of imidazole rings is 1. The number of carbonyl (C=O) groups excluding carboxylic acids is 1. The number of amides is 1. The molecule has 2 heterocycles. The van der Waals surface area contributed by atoms with Crippen LogP contribution in [0, 0.1) is 0 Å². The van der Waals surface area contributed by atoms with E-state index in [2.05, 4.69) is 16.8 Å². The minimum absolute atomic E-state index is 0.00934. The molecule has 0 saturated carbocycles. The van der Waals surface area contributed by atoms with Crippen molar-refractivity contribution in [2.45, 2.75) is 12.3 Å². The number of thiophene rings is 1. The second-order valence-electron chi connectivity index (χ2n) is 6.93. The largest absolute Gasteiger partial charge is 0.355 e. The molecule has 0 aliphatic rings. The van der Waals surface area contributed by atoms with Crippen molar-refractivity contribution in [3.05, 3.63) is 101 Å². The summed E-state index contributed by atoms with van der Waals surface area (Å²) in [6.45, 7) is 0.545. The molecule has 0 fully saturated rings. The van der Waals surface area contributed by atoms with Crippen LogP contribution in [0.2, 0.25) is 0 Å². The van der Waals surface area contributed by atoms with Crippen molar-refractivity contribution >= 4 is 17.2 Å². The molecule has 0 saturated heterocycles. The van der Waals surface area contributed by atoms with Crippen LogP contribution in [0.25, 0.3) is 10.6 Å². The van der Waals surface area contributed by atoms with E-state index in [9.17, 15) is 4.79 Å². The smallest absolute Gasteiger partial charge is 0.232 e. The summed E-state index contributed by atoms with van der Waals surface area (Å²) in [5, 5.41) is 5.16. The molecule has 0 atom stereocenters. The van der Waals surface area contributed by atoms with E-state index in [-0.39, 0.29) is 11.8 Å². The quantitative estimate of drug-likeness (QED) is 0.490. The zero-order valence-corrected chi connectivity index (χ0v) is 17.1. The SMILES string of the molecule is Cn1cc(-c2cccs2)nc1CCNC(=O)C(c1ccccc1)c1ccccc1. The van der Waals surface area contributed by atoms with Crippen molar-refractivity contribution in [3.63, 3.8) is 0 Å². The van der Waals surface area contributed by atoms with Crippen molar-refractivity contribution in [2.75, 3.05) is 6.54 Å². The standard InChI is InChI=1S/C24H23N3OS/c1-27-17-20(21-13-8-16-29-21)26-22(27)14-15-25-24(28)23(18-9-4-2-5-10-18)19-11-6-3-7-12-19/h2-13,16-17,23H,14-15H2,1H3,(H,25,28). The Morgan fingerprint density at radius 2 is 1.66 bits per heavy atom. The van der Waals surface area contributed by atoms with Gasteiger partial charge in [0.25, 0.3) is 0 Å². The highest BCUT2D eigenvalue weighted by molar-refractivity contribution is 7.13. The fourth-order valence-electron chi connectivity index (χ4n) is 3.47. The number of carbonyl (C=O) groups is 1. The van der Waals surface area contributed by atoms with Gasteiger partial charge in [0, 0.05) is 26.2 Å². The van der Waals surface area contributed by atoms with Gasteiger partial charge in [0.05, 0.1) is 16.5 Å². The summed E-state index contributed by atoms with van der Waals surface area (Å²) in [5.74, 6) is 0.653. The minimum atomic E-state index is -0.319. The summed E-state index contributed by atoms with van der Waals surface area (Å²) in [4.78, 5) is 19.0. The lowest BCUT2D eigenvalue weighted by molar-refractivity contribution is -0.121. The Hall–Kier alpha value is -3.18. The summed E-state index contributed by atoms with van der Waals surface area (Å²) in [7, 11) is 2.00. The molecular formula is C24H23N3OS. The number of rotatable bonds is 7. The van der Waals surface area contributed by atoms with Crippen LogP contribution in [-0.2, 0) is 18.3 Å². The molecule has 1 amide bonds. The number of aromatic nitrogens is 2. The molecule has 1 N–H and O–H groups in total. The highest BCUT2D eigenvalue weighted by Gasteiger charge is 2.22. The molecule has 0 unspecified atom stereocenters. The third kappa shape index (κ3) is 4.46. The predicted octanol–water partition coefficient (Wildman–Crippen LogP) is 4.64. The van der Waals surface area contributed by atoms with E-state index in [0.717, 1.165) is 27.5 Å². The number of hydrogen-bond donors (Lipinski definition) is 1. The van der Waals surface area contributed by atoms with Gasteiger partial charge in [0.15, 0.2) is 0 Å². The molecule has 0 spiro atoms.